The molecule has 53 heavy (non-hydrogen) atoms. The van der Waals surface area contributed by atoms with Gasteiger partial charge in [-0.2, -0.15) is 0 Å². The van der Waals surface area contributed by atoms with Crippen LogP contribution in [-0.2, 0) is 28.6 Å². The van der Waals surface area contributed by atoms with E-state index in [1.165, 1.54) is 148 Å². The van der Waals surface area contributed by atoms with Gasteiger partial charge >= 0.3 is 11.9 Å². The van der Waals surface area contributed by atoms with Gasteiger partial charge in [0.2, 0.25) is 0 Å². The Balaban J connectivity index is 4.22. The van der Waals surface area contributed by atoms with Gasteiger partial charge in [-0.3, -0.25) is 9.59 Å². The minimum Gasteiger partial charge on any atom is -0.544 e. The van der Waals surface area contributed by atoms with Gasteiger partial charge in [0.05, 0.1) is 40.3 Å². The molecule has 0 aliphatic rings. The highest BCUT2D eigenvalue weighted by Crippen LogP contribution is 2.16. The van der Waals surface area contributed by atoms with Gasteiger partial charge in [0.25, 0.3) is 0 Å². The second kappa shape index (κ2) is 37.3. The summed E-state index contributed by atoms with van der Waals surface area (Å²) in [5.74, 6) is -1.72. The van der Waals surface area contributed by atoms with Gasteiger partial charge in [-0.1, -0.05) is 187 Å². The summed E-state index contributed by atoms with van der Waals surface area (Å²) in [4.78, 5) is 36.8. The standard InChI is InChI=1S/C45H87NO7/c1-6-8-10-12-14-16-18-19-20-21-22-23-24-25-26-28-30-32-34-36-44(48)53-41(39-51-38-37-42(45(49)50)46(3,4)5)40-52-43(47)35-33-31-29-27-17-15-13-11-9-7-2/h41-42H,6-40H2,1-5H3. The maximum atomic E-state index is 12.7. The Morgan fingerprint density at radius 1 is 0.491 bits per heavy atom. The third kappa shape index (κ3) is 35.8. The van der Waals surface area contributed by atoms with E-state index in [9.17, 15) is 19.5 Å². The highest BCUT2D eigenvalue weighted by atomic mass is 16.6. The Kier molecular flexibility index (Phi) is 36.1. The summed E-state index contributed by atoms with van der Waals surface area (Å²) in [6.07, 6.45) is 37.0. The van der Waals surface area contributed by atoms with E-state index >= 15 is 0 Å². The minimum absolute atomic E-state index is 0.0490. The lowest BCUT2D eigenvalue weighted by Crippen LogP contribution is -2.55. The van der Waals surface area contributed by atoms with E-state index in [4.69, 9.17) is 14.2 Å². The second-order valence-electron chi connectivity index (χ2n) is 16.7. The molecular formula is C45H87NO7. The molecule has 0 aromatic carbocycles. The number of carboxylic acids is 1. The van der Waals surface area contributed by atoms with Crippen LogP contribution in [-0.4, -0.2) is 75.5 Å². The number of hydrogen-bond donors (Lipinski definition) is 0. The first-order valence-corrected chi connectivity index (χ1v) is 22.6. The van der Waals surface area contributed by atoms with Crippen molar-refractivity contribution in [1.82, 2.24) is 0 Å². The van der Waals surface area contributed by atoms with Crippen molar-refractivity contribution in [3.63, 3.8) is 0 Å². The first-order chi connectivity index (χ1) is 25.6. The zero-order valence-corrected chi connectivity index (χ0v) is 35.7. The topological polar surface area (TPSA) is 102 Å². The maximum Gasteiger partial charge on any atom is 0.306 e. The number of unbranched alkanes of at least 4 members (excludes halogenated alkanes) is 27. The number of esters is 2. The summed E-state index contributed by atoms with van der Waals surface area (Å²) >= 11 is 0. The lowest BCUT2D eigenvalue weighted by molar-refractivity contribution is -0.889. The lowest BCUT2D eigenvalue weighted by atomic mass is 10.0. The molecule has 0 amide bonds. The summed E-state index contributed by atoms with van der Waals surface area (Å²) < 4.78 is 17.2. The molecule has 0 rings (SSSR count). The van der Waals surface area contributed by atoms with Crippen LogP contribution in [0.25, 0.3) is 0 Å². The van der Waals surface area contributed by atoms with Gasteiger partial charge in [-0.25, -0.2) is 0 Å². The fourth-order valence-corrected chi connectivity index (χ4v) is 6.95. The molecule has 0 heterocycles. The molecule has 0 saturated carbocycles. The molecule has 314 valence electrons. The molecule has 0 spiro atoms. The Hall–Kier alpha value is -1.67. The van der Waals surface area contributed by atoms with E-state index < -0.39 is 18.1 Å². The van der Waals surface area contributed by atoms with Gasteiger partial charge in [0.15, 0.2) is 6.10 Å². The number of nitrogens with zero attached hydrogens (tertiary/aromatic N) is 1. The molecule has 8 nitrogen and oxygen atoms in total. The molecule has 0 N–H and O–H groups in total. The Bertz CT molecular complexity index is 843. The highest BCUT2D eigenvalue weighted by Gasteiger charge is 2.25. The average Bonchev–Trinajstić information content (AvgIpc) is 3.11. The zero-order chi connectivity index (χ0) is 39.3. The third-order valence-corrected chi connectivity index (χ3v) is 10.5. The van der Waals surface area contributed by atoms with Crippen LogP contribution in [0.5, 0.6) is 0 Å². The third-order valence-electron chi connectivity index (χ3n) is 10.5. The predicted octanol–water partition coefficient (Wildman–Crippen LogP) is 10.8. The van der Waals surface area contributed by atoms with Crippen molar-refractivity contribution in [2.24, 2.45) is 0 Å². The van der Waals surface area contributed by atoms with Crippen LogP contribution in [0.3, 0.4) is 0 Å². The molecule has 0 saturated heterocycles. The summed E-state index contributed by atoms with van der Waals surface area (Å²) in [6, 6.07) is -0.718. The van der Waals surface area contributed by atoms with E-state index in [0.29, 0.717) is 12.8 Å². The molecule has 8 heteroatoms. The highest BCUT2D eigenvalue weighted by molar-refractivity contribution is 5.70. The molecule has 0 aromatic heterocycles. The van der Waals surface area contributed by atoms with Crippen LogP contribution in [0.1, 0.15) is 219 Å². The summed E-state index contributed by atoms with van der Waals surface area (Å²) in [5.41, 5.74) is 0. The van der Waals surface area contributed by atoms with Crippen molar-refractivity contribution >= 4 is 17.9 Å². The van der Waals surface area contributed by atoms with Crippen molar-refractivity contribution in [2.75, 3.05) is 41.0 Å². The number of carbonyl (C=O) groups excluding carboxylic acids is 3. The minimum atomic E-state index is -1.12. The number of aliphatic carboxylic acids is 1. The predicted molar refractivity (Wildman–Crippen MR) is 218 cm³/mol. The van der Waals surface area contributed by atoms with Crippen LogP contribution in [0.15, 0.2) is 0 Å². The van der Waals surface area contributed by atoms with Gasteiger partial charge in [0.1, 0.15) is 12.6 Å². The number of rotatable bonds is 41. The monoisotopic (exact) mass is 754 g/mol. The number of ether oxygens (including phenoxy) is 3. The van der Waals surface area contributed by atoms with Crippen LogP contribution in [0, 0.1) is 0 Å². The van der Waals surface area contributed by atoms with E-state index in [2.05, 4.69) is 13.8 Å². The van der Waals surface area contributed by atoms with Gasteiger partial charge in [-0.05, 0) is 12.8 Å². The molecule has 0 aliphatic carbocycles. The lowest BCUT2D eigenvalue weighted by Gasteiger charge is -2.34. The Morgan fingerprint density at radius 2 is 0.830 bits per heavy atom. The molecule has 0 radical (unpaired) electrons. The summed E-state index contributed by atoms with van der Waals surface area (Å²) in [6.45, 7) is 4.68. The van der Waals surface area contributed by atoms with Gasteiger partial charge < -0.3 is 28.6 Å². The fraction of sp³-hybridized carbons (Fsp3) is 0.933. The van der Waals surface area contributed by atoms with Crippen LogP contribution < -0.4 is 5.11 Å². The number of carbonyl (C=O) groups is 3. The van der Waals surface area contributed by atoms with Crippen LogP contribution in [0.2, 0.25) is 0 Å². The van der Waals surface area contributed by atoms with Crippen molar-refractivity contribution in [3.05, 3.63) is 0 Å². The van der Waals surface area contributed by atoms with Gasteiger partial charge in [0, 0.05) is 19.3 Å². The Morgan fingerprint density at radius 3 is 1.17 bits per heavy atom. The molecule has 0 fully saturated rings. The van der Waals surface area contributed by atoms with Crippen molar-refractivity contribution in [3.8, 4) is 0 Å². The normalized spacial score (nSPS) is 12.8. The quantitative estimate of drug-likeness (QED) is 0.0348. The van der Waals surface area contributed by atoms with Crippen molar-refractivity contribution in [1.29, 1.82) is 0 Å². The maximum absolute atomic E-state index is 12.7. The van der Waals surface area contributed by atoms with Crippen LogP contribution >= 0.6 is 0 Å². The van der Waals surface area contributed by atoms with Crippen LogP contribution in [0.4, 0.5) is 0 Å². The van der Waals surface area contributed by atoms with E-state index in [1.54, 1.807) is 21.1 Å². The molecule has 2 atom stereocenters. The van der Waals surface area contributed by atoms with E-state index in [-0.39, 0.29) is 42.7 Å². The SMILES string of the molecule is CCCCCCCCCCCCCCCCCCCCCC(=O)OC(COCCC(C(=O)[O-])[N+](C)(C)C)COC(=O)CCCCCCCCCCCC. The molecular weight excluding hydrogens is 666 g/mol. The summed E-state index contributed by atoms with van der Waals surface area (Å²) in [7, 11) is 5.42. The fourth-order valence-electron chi connectivity index (χ4n) is 6.95. The average molecular weight is 754 g/mol. The largest absolute Gasteiger partial charge is 0.544 e. The first kappa shape index (κ1) is 51.3. The second-order valence-corrected chi connectivity index (χ2v) is 16.7. The van der Waals surface area contributed by atoms with Crippen molar-refractivity contribution in [2.45, 2.75) is 231 Å². The smallest absolute Gasteiger partial charge is 0.306 e. The molecule has 0 aliphatic heterocycles. The van der Waals surface area contributed by atoms with E-state index in [1.807, 2.05) is 0 Å². The van der Waals surface area contributed by atoms with Gasteiger partial charge in [-0.15, -0.1) is 0 Å². The first-order valence-electron chi connectivity index (χ1n) is 22.6. The molecule has 0 aromatic rings. The zero-order valence-electron chi connectivity index (χ0n) is 35.7. The Labute approximate surface area is 327 Å². The molecule has 0 bridgehead atoms. The summed E-state index contributed by atoms with van der Waals surface area (Å²) in [5, 5.41) is 11.6. The number of carboxylic acid groups (broad SMARTS) is 1. The number of quaternary nitrogens is 1. The van der Waals surface area contributed by atoms with Crippen molar-refractivity contribution < 1.29 is 38.2 Å². The number of hydrogen-bond acceptors (Lipinski definition) is 7. The molecule has 2 unspecified atom stereocenters. The van der Waals surface area contributed by atoms with E-state index in [0.717, 1.165) is 38.5 Å². The number of likely N-dealkylation sites (N-methyl/N-ethyl adjacent to an activating group) is 1.